The summed E-state index contributed by atoms with van der Waals surface area (Å²) in [5.41, 5.74) is 0. The highest BCUT2D eigenvalue weighted by atomic mass is 19.3. The van der Waals surface area contributed by atoms with E-state index in [1.165, 1.54) is 12.8 Å². The second-order valence-electron chi connectivity index (χ2n) is 4.01. The van der Waals surface area contributed by atoms with Crippen LogP contribution in [-0.4, -0.2) is 25.4 Å². The average molecular weight is 243 g/mol. The summed E-state index contributed by atoms with van der Waals surface area (Å²) in [7, 11) is 0. The average Bonchev–Trinajstić information content (AvgIpc) is 2.21. The van der Waals surface area contributed by atoms with Crippen LogP contribution in [0.25, 0.3) is 0 Å². The van der Waals surface area contributed by atoms with Crippen LogP contribution in [0.2, 0.25) is 0 Å². The number of hydrogen-bond donors (Lipinski definition) is 1. The normalized spacial score (nSPS) is 12.4. The van der Waals surface area contributed by atoms with Gasteiger partial charge in [0.1, 0.15) is 0 Å². The largest absolute Gasteiger partial charge is 0.319 e. The van der Waals surface area contributed by atoms with Gasteiger partial charge in [-0.1, -0.05) is 39.0 Å². The number of hydrogen-bond acceptors (Lipinski definition) is 1. The van der Waals surface area contributed by atoms with Crippen molar-refractivity contribution in [3.8, 4) is 0 Å². The molecule has 0 bridgehead atoms. The molecule has 0 saturated heterocycles. The molecule has 0 amide bonds. The Kier molecular flexibility index (Phi) is 8.61. The Morgan fingerprint density at radius 2 is 1.56 bits per heavy atom. The lowest BCUT2D eigenvalue weighted by atomic mass is 10.1. The van der Waals surface area contributed by atoms with Gasteiger partial charge in [-0.25, -0.2) is 8.78 Å². The Labute approximate surface area is 94.6 Å². The Bertz CT molecular complexity index is 162. The van der Waals surface area contributed by atoms with Gasteiger partial charge < -0.3 is 5.32 Å². The minimum absolute atomic E-state index is 0.383. The molecule has 0 aromatic rings. The van der Waals surface area contributed by atoms with Crippen LogP contribution in [0.15, 0.2) is 0 Å². The molecule has 98 valence electrons. The maximum Gasteiger partial charge on any atom is 0.319 e. The number of nitrogens with one attached hydrogen (secondary N) is 1. The van der Waals surface area contributed by atoms with Crippen molar-refractivity contribution < 1.29 is 17.6 Å². The lowest BCUT2D eigenvalue weighted by Gasteiger charge is -2.15. The van der Waals surface area contributed by atoms with Crippen molar-refractivity contribution in [3.05, 3.63) is 0 Å². The Hall–Kier alpha value is -0.320. The lowest BCUT2D eigenvalue weighted by Crippen LogP contribution is -2.39. The van der Waals surface area contributed by atoms with Crippen LogP contribution in [0.3, 0.4) is 0 Å². The SMILES string of the molecule is CCCCCCCCNCC(F)(F)C(F)F. The summed E-state index contributed by atoms with van der Waals surface area (Å²) in [6, 6.07) is 0. The van der Waals surface area contributed by atoms with E-state index in [4.69, 9.17) is 0 Å². The second kappa shape index (κ2) is 8.79. The van der Waals surface area contributed by atoms with E-state index < -0.39 is 18.9 Å². The molecule has 0 fully saturated rings. The molecule has 1 N–H and O–H groups in total. The summed E-state index contributed by atoms with van der Waals surface area (Å²) < 4.78 is 48.3. The van der Waals surface area contributed by atoms with E-state index >= 15 is 0 Å². The van der Waals surface area contributed by atoms with Gasteiger partial charge in [0.05, 0.1) is 6.54 Å². The van der Waals surface area contributed by atoms with Gasteiger partial charge in [-0.05, 0) is 13.0 Å². The molecule has 0 spiro atoms. The van der Waals surface area contributed by atoms with E-state index in [0.29, 0.717) is 6.54 Å². The zero-order valence-electron chi connectivity index (χ0n) is 9.75. The molecule has 0 aliphatic rings. The van der Waals surface area contributed by atoms with Crippen molar-refractivity contribution in [1.29, 1.82) is 0 Å². The van der Waals surface area contributed by atoms with Crippen LogP contribution in [0.4, 0.5) is 17.6 Å². The molecule has 0 rings (SSSR count). The molecule has 1 nitrogen and oxygen atoms in total. The highest BCUT2D eigenvalue weighted by Crippen LogP contribution is 2.21. The van der Waals surface area contributed by atoms with Crippen molar-refractivity contribution in [2.45, 2.75) is 57.8 Å². The minimum Gasteiger partial charge on any atom is -0.311 e. The highest BCUT2D eigenvalue weighted by molar-refractivity contribution is 4.71. The van der Waals surface area contributed by atoms with Gasteiger partial charge in [0, 0.05) is 0 Å². The summed E-state index contributed by atoms with van der Waals surface area (Å²) >= 11 is 0. The first kappa shape index (κ1) is 15.7. The fourth-order valence-corrected chi connectivity index (χ4v) is 1.36. The Balaban J connectivity index is 3.27. The fourth-order valence-electron chi connectivity index (χ4n) is 1.36. The highest BCUT2D eigenvalue weighted by Gasteiger charge is 2.39. The van der Waals surface area contributed by atoms with Crippen molar-refractivity contribution in [1.82, 2.24) is 5.32 Å². The molecule has 0 atom stereocenters. The first-order valence-electron chi connectivity index (χ1n) is 5.87. The van der Waals surface area contributed by atoms with E-state index in [2.05, 4.69) is 12.2 Å². The zero-order valence-corrected chi connectivity index (χ0v) is 9.75. The van der Waals surface area contributed by atoms with Crippen LogP contribution in [0.1, 0.15) is 45.4 Å². The number of alkyl halides is 4. The van der Waals surface area contributed by atoms with Crippen molar-refractivity contribution >= 4 is 0 Å². The van der Waals surface area contributed by atoms with Gasteiger partial charge >= 0.3 is 12.3 Å². The summed E-state index contributed by atoms with van der Waals surface area (Å²) in [5, 5.41) is 2.37. The van der Waals surface area contributed by atoms with Crippen LogP contribution >= 0.6 is 0 Å². The molecule has 0 aromatic heterocycles. The third-order valence-electron chi connectivity index (χ3n) is 2.39. The summed E-state index contributed by atoms with van der Waals surface area (Å²) in [6.07, 6.45) is 2.75. The molecule has 0 saturated carbocycles. The number of halogens is 4. The van der Waals surface area contributed by atoms with Gasteiger partial charge in [-0.15, -0.1) is 0 Å². The maximum atomic E-state index is 12.4. The van der Waals surface area contributed by atoms with Gasteiger partial charge in [0.2, 0.25) is 0 Å². The predicted octanol–water partition coefficient (Wildman–Crippen LogP) is 3.84. The molecule has 0 heterocycles. The third kappa shape index (κ3) is 7.91. The van der Waals surface area contributed by atoms with Gasteiger partial charge in [0.15, 0.2) is 0 Å². The molecule has 0 radical (unpaired) electrons. The van der Waals surface area contributed by atoms with E-state index in [1.54, 1.807) is 0 Å². The molecule has 0 unspecified atom stereocenters. The van der Waals surface area contributed by atoms with Crippen LogP contribution in [0.5, 0.6) is 0 Å². The predicted molar refractivity (Wildman–Crippen MR) is 57.2 cm³/mol. The number of unbranched alkanes of at least 4 members (excludes halogenated alkanes) is 5. The van der Waals surface area contributed by atoms with Gasteiger partial charge in [-0.3, -0.25) is 0 Å². The quantitative estimate of drug-likeness (QED) is 0.454. The van der Waals surface area contributed by atoms with Crippen LogP contribution in [-0.2, 0) is 0 Å². The summed E-state index contributed by atoms with van der Waals surface area (Å²) in [5.74, 6) is -3.90. The molecule has 5 heteroatoms. The maximum absolute atomic E-state index is 12.4. The van der Waals surface area contributed by atoms with Crippen molar-refractivity contribution in [2.24, 2.45) is 0 Å². The summed E-state index contributed by atoms with van der Waals surface area (Å²) in [4.78, 5) is 0. The van der Waals surface area contributed by atoms with Crippen LogP contribution < -0.4 is 5.32 Å². The van der Waals surface area contributed by atoms with E-state index in [0.717, 1.165) is 25.7 Å². The van der Waals surface area contributed by atoms with Crippen molar-refractivity contribution in [2.75, 3.05) is 13.1 Å². The topological polar surface area (TPSA) is 12.0 Å². The molecule has 0 aliphatic heterocycles. The number of rotatable bonds is 10. The fraction of sp³-hybridized carbons (Fsp3) is 1.00. The Morgan fingerprint density at radius 3 is 2.12 bits per heavy atom. The molecular formula is C11H21F4N. The molecular weight excluding hydrogens is 222 g/mol. The van der Waals surface area contributed by atoms with E-state index in [-0.39, 0.29) is 0 Å². The van der Waals surface area contributed by atoms with Gasteiger partial charge in [-0.2, -0.15) is 8.78 Å². The van der Waals surface area contributed by atoms with E-state index in [9.17, 15) is 17.6 Å². The van der Waals surface area contributed by atoms with Crippen molar-refractivity contribution in [3.63, 3.8) is 0 Å². The first-order chi connectivity index (χ1) is 7.50. The summed E-state index contributed by atoms with van der Waals surface area (Å²) in [6.45, 7) is 1.57. The van der Waals surface area contributed by atoms with E-state index in [1.807, 2.05) is 0 Å². The minimum atomic E-state index is -3.90. The third-order valence-corrected chi connectivity index (χ3v) is 2.39. The standard InChI is InChI=1S/C11H21F4N/c1-2-3-4-5-6-7-8-16-9-11(14,15)10(12)13/h10,16H,2-9H2,1H3. The smallest absolute Gasteiger partial charge is 0.311 e. The molecule has 16 heavy (non-hydrogen) atoms. The zero-order chi connectivity index (χ0) is 12.4. The molecule has 0 aromatic carbocycles. The Morgan fingerprint density at radius 1 is 1.00 bits per heavy atom. The lowest BCUT2D eigenvalue weighted by molar-refractivity contribution is -0.125. The monoisotopic (exact) mass is 243 g/mol. The van der Waals surface area contributed by atoms with Crippen LogP contribution in [0, 0.1) is 0 Å². The second-order valence-corrected chi connectivity index (χ2v) is 4.01. The first-order valence-corrected chi connectivity index (χ1v) is 5.87. The van der Waals surface area contributed by atoms with Gasteiger partial charge in [0.25, 0.3) is 0 Å². The molecule has 0 aliphatic carbocycles.